The smallest absolute Gasteiger partial charge is 0.218 e. The van der Waals surface area contributed by atoms with Crippen LogP contribution in [0.3, 0.4) is 0 Å². The molecule has 2 atom stereocenters. The maximum Gasteiger partial charge on any atom is 0.218 e. The van der Waals surface area contributed by atoms with Crippen LogP contribution in [0.15, 0.2) is 18.3 Å². The van der Waals surface area contributed by atoms with E-state index in [1.807, 2.05) is 32.9 Å². The molecule has 0 saturated heterocycles. The minimum absolute atomic E-state index is 0.0436. The van der Waals surface area contributed by atoms with Gasteiger partial charge >= 0.3 is 0 Å². The minimum Gasteiger partial charge on any atom is -0.475 e. The number of ether oxygens (including phenoxy) is 1. The van der Waals surface area contributed by atoms with Crippen LogP contribution in [0.25, 0.3) is 0 Å². The predicted molar refractivity (Wildman–Crippen MR) is 68.0 cm³/mol. The van der Waals surface area contributed by atoms with Gasteiger partial charge in [-0.1, -0.05) is 6.07 Å². The molecule has 2 N–H and O–H groups in total. The summed E-state index contributed by atoms with van der Waals surface area (Å²) >= 11 is 0. The maximum atomic E-state index is 9.40. The number of aliphatic hydroxyl groups is 1. The summed E-state index contributed by atoms with van der Waals surface area (Å²) in [6.45, 7) is 8.31. The lowest BCUT2D eigenvalue weighted by molar-refractivity contribution is 0.151. The van der Waals surface area contributed by atoms with E-state index in [0.717, 1.165) is 5.56 Å². The molecule has 4 heteroatoms. The molecule has 0 radical (unpaired) electrons. The second kappa shape index (κ2) is 6.57. The molecule has 0 aliphatic rings. The molecule has 0 spiro atoms. The van der Waals surface area contributed by atoms with Crippen LogP contribution in [0.2, 0.25) is 0 Å². The van der Waals surface area contributed by atoms with Crippen molar-refractivity contribution in [1.29, 1.82) is 0 Å². The lowest BCUT2D eigenvalue weighted by Gasteiger charge is -2.18. The minimum atomic E-state index is -0.374. The van der Waals surface area contributed by atoms with Gasteiger partial charge in [0.1, 0.15) is 0 Å². The fourth-order valence-corrected chi connectivity index (χ4v) is 1.33. The normalized spacial score (nSPS) is 14.7. The number of aliphatic hydroxyl groups excluding tert-OH is 1. The van der Waals surface area contributed by atoms with Crippen LogP contribution in [0.4, 0.5) is 0 Å². The third-order valence-electron chi connectivity index (χ3n) is 2.54. The molecule has 1 rings (SSSR count). The van der Waals surface area contributed by atoms with Gasteiger partial charge in [0.25, 0.3) is 0 Å². The first-order valence-corrected chi connectivity index (χ1v) is 6.02. The number of hydrogen-bond donors (Lipinski definition) is 2. The molecule has 17 heavy (non-hydrogen) atoms. The Bertz CT molecular complexity index is 340. The van der Waals surface area contributed by atoms with Gasteiger partial charge in [-0.15, -0.1) is 0 Å². The molecule has 96 valence electrons. The summed E-state index contributed by atoms with van der Waals surface area (Å²) in [4.78, 5) is 4.22. The maximum absolute atomic E-state index is 9.40. The van der Waals surface area contributed by atoms with E-state index >= 15 is 0 Å². The van der Waals surface area contributed by atoms with Crippen LogP contribution in [0.1, 0.15) is 33.3 Å². The molecule has 1 aromatic heterocycles. The quantitative estimate of drug-likeness (QED) is 0.792. The van der Waals surface area contributed by atoms with Crippen molar-refractivity contribution in [1.82, 2.24) is 10.3 Å². The SMILES string of the molecule is CC(C)Oc1ncccc1CNC(C)C(C)O. The highest BCUT2D eigenvalue weighted by Gasteiger charge is 2.10. The topological polar surface area (TPSA) is 54.4 Å². The molecule has 0 aliphatic heterocycles. The highest BCUT2D eigenvalue weighted by Crippen LogP contribution is 2.15. The molecule has 2 unspecified atom stereocenters. The van der Waals surface area contributed by atoms with Gasteiger partial charge in [0.15, 0.2) is 0 Å². The van der Waals surface area contributed by atoms with Crippen LogP contribution in [0, 0.1) is 0 Å². The van der Waals surface area contributed by atoms with Crippen molar-refractivity contribution in [2.45, 2.75) is 52.5 Å². The molecule has 1 aromatic rings. The molecular formula is C13H22N2O2. The third-order valence-corrected chi connectivity index (χ3v) is 2.54. The number of nitrogens with one attached hydrogen (secondary N) is 1. The van der Waals surface area contributed by atoms with Gasteiger partial charge in [-0.05, 0) is 33.8 Å². The van der Waals surface area contributed by atoms with E-state index in [1.165, 1.54) is 0 Å². The van der Waals surface area contributed by atoms with Gasteiger partial charge < -0.3 is 15.2 Å². The zero-order chi connectivity index (χ0) is 12.8. The van der Waals surface area contributed by atoms with E-state index in [-0.39, 0.29) is 18.2 Å². The van der Waals surface area contributed by atoms with E-state index in [0.29, 0.717) is 12.4 Å². The highest BCUT2D eigenvalue weighted by molar-refractivity contribution is 5.25. The summed E-state index contributed by atoms with van der Waals surface area (Å²) in [6, 6.07) is 3.91. The first-order valence-electron chi connectivity index (χ1n) is 6.02. The fraction of sp³-hybridized carbons (Fsp3) is 0.615. The van der Waals surface area contributed by atoms with E-state index in [4.69, 9.17) is 4.74 Å². The molecule has 4 nitrogen and oxygen atoms in total. The summed E-state index contributed by atoms with van der Waals surface area (Å²) in [5.41, 5.74) is 1.01. The van der Waals surface area contributed by atoms with Gasteiger partial charge in [-0.25, -0.2) is 4.98 Å². The van der Waals surface area contributed by atoms with E-state index in [9.17, 15) is 5.11 Å². The lowest BCUT2D eigenvalue weighted by Crippen LogP contribution is -2.35. The lowest BCUT2D eigenvalue weighted by atomic mass is 10.2. The largest absolute Gasteiger partial charge is 0.475 e. The van der Waals surface area contributed by atoms with Gasteiger partial charge in [0.2, 0.25) is 5.88 Å². The number of hydrogen-bond acceptors (Lipinski definition) is 4. The van der Waals surface area contributed by atoms with Crippen LogP contribution >= 0.6 is 0 Å². The van der Waals surface area contributed by atoms with Crippen molar-refractivity contribution in [2.75, 3.05) is 0 Å². The van der Waals surface area contributed by atoms with Crippen LogP contribution in [-0.2, 0) is 6.54 Å². The number of nitrogens with zero attached hydrogens (tertiary/aromatic N) is 1. The molecule has 0 amide bonds. The summed E-state index contributed by atoms with van der Waals surface area (Å²) < 4.78 is 5.62. The van der Waals surface area contributed by atoms with E-state index < -0.39 is 0 Å². The van der Waals surface area contributed by atoms with Gasteiger partial charge in [0, 0.05) is 24.3 Å². The fourth-order valence-electron chi connectivity index (χ4n) is 1.33. The Morgan fingerprint density at radius 2 is 2.06 bits per heavy atom. The number of pyridine rings is 1. The Morgan fingerprint density at radius 3 is 2.65 bits per heavy atom. The van der Waals surface area contributed by atoms with Gasteiger partial charge in [-0.2, -0.15) is 0 Å². The summed E-state index contributed by atoms with van der Waals surface area (Å²) in [5.74, 6) is 0.660. The van der Waals surface area contributed by atoms with Crippen LogP contribution in [0.5, 0.6) is 5.88 Å². The van der Waals surface area contributed by atoms with E-state index in [1.54, 1.807) is 13.1 Å². The van der Waals surface area contributed by atoms with Crippen molar-refractivity contribution >= 4 is 0 Å². The number of aromatic nitrogens is 1. The monoisotopic (exact) mass is 238 g/mol. The molecule has 0 saturated carbocycles. The van der Waals surface area contributed by atoms with Gasteiger partial charge in [-0.3, -0.25) is 0 Å². The Kier molecular flexibility index (Phi) is 5.38. The van der Waals surface area contributed by atoms with Crippen molar-refractivity contribution in [3.05, 3.63) is 23.9 Å². The average Bonchev–Trinajstić information content (AvgIpc) is 2.26. The molecule has 0 aliphatic carbocycles. The Labute approximate surface area is 103 Å². The summed E-state index contributed by atoms with van der Waals surface area (Å²) in [6.07, 6.45) is 1.46. The molecule has 0 fully saturated rings. The Hall–Kier alpha value is -1.13. The zero-order valence-corrected chi connectivity index (χ0v) is 11.0. The molecule has 0 aromatic carbocycles. The summed E-state index contributed by atoms with van der Waals surface area (Å²) in [7, 11) is 0. The second-order valence-corrected chi connectivity index (χ2v) is 4.54. The summed E-state index contributed by atoms with van der Waals surface area (Å²) in [5, 5.41) is 12.6. The molecule has 1 heterocycles. The Morgan fingerprint density at radius 1 is 1.35 bits per heavy atom. The van der Waals surface area contributed by atoms with Crippen LogP contribution < -0.4 is 10.1 Å². The first-order chi connectivity index (χ1) is 8.00. The third kappa shape index (κ3) is 4.71. The predicted octanol–water partition coefficient (Wildman–Crippen LogP) is 1.73. The standard InChI is InChI=1S/C13H22N2O2/c1-9(2)17-13-12(6-5-7-14-13)8-15-10(3)11(4)16/h5-7,9-11,15-16H,8H2,1-4H3. The highest BCUT2D eigenvalue weighted by atomic mass is 16.5. The van der Waals surface area contributed by atoms with Crippen molar-refractivity contribution in [3.8, 4) is 5.88 Å². The first kappa shape index (κ1) is 13.9. The van der Waals surface area contributed by atoms with Crippen molar-refractivity contribution < 1.29 is 9.84 Å². The second-order valence-electron chi connectivity index (χ2n) is 4.54. The zero-order valence-electron chi connectivity index (χ0n) is 11.0. The van der Waals surface area contributed by atoms with Crippen LogP contribution in [-0.4, -0.2) is 28.3 Å². The van der Waals surface area contributed by atoms with Gasteiger partial charge in [0.05, 0.1) is 12.2 Å². The average molecular weight is 238 g/mol. The molecule has 0 bridgehead atoms. The van der Waals surface area contributed by atoms with Crippen molar-refractivity contribution in [3.63, 3.8) is 0 Å². The van der Waals surface area contributed by atoms with Crippen molar-refractivity contribution in [2.24, 2.45) is 0 Å². The molecular weight excluding hydrogens is 216 g/mol. The number of rotatable bonds is 6. The Balaban J connectivity index is 2.63. The van der Waals surface area contributed by atoms with E-state index in [2.05, 4.69) is 10.3 Å².